The lowest BCUT2D eigenvalue weighted by molar-refractivity contribution is -0.973. The monoisotopic (exact) mass is 386 g/mol. The van der Waals surface area contributed by atoms with Crippen molar-refractivity contribution in [2.75, 3.05) is 5.32 Å². The highest BCUT2D eigenvalue weighted by Crippen LogP contribution is 2.23. The van der Waals surface area contributed by atoms with Gasteiger partial charge in [-0.3, -0.25) is 0 Å². The maximum atomic E-state index is 13.7. The van der Waals surface area contributed by atoms with E-state index in [4.69, 9.17) is 0 Å². The largest absolute Gasteiger partial charge is 0.335 e. The van der Waals surface area contributed by atoms with Crippen LogP contribution in [0.4, 0.5) is 19.3 Å². The minimum absolute atomic E-state index is 0.0963. The summed E-state index contributed by atoms with van der Waals surface area (Å²) in [6, 6.07) is 13.7. The number of quaternary nitrogens is 1. The van der Waals surface area contributed by atoms with Crippen LogP contribution in [0.2, 0.25) is 0 Å². The number of urea groups is 1. The standard InChI is InChI=1S/C22H25F2N3O/c23-16-10-8-15(9-11-16)14-27-18-4-3-5-19(27)13-17(12-18)25-22(28)26-21-7-2-1-6-20(21)24/h1-2,6-11,17-19H,3-5,12-14H2,(H2,25,26,28)/p+1/t18-,19-/m1/s1. The Hall–Kier alpha value is -2.47. The highest BCUT2D eigenvalue weighted by Gasteiger charge is 2.42. The Morgan fingerprint density at radius 1 is 1.00 bits per heavy atom. The first-order chi connectivity index (χ1) is 13.6. The second-order valence-corrected chi connectivity index (χ2v) is 7.95. The van der Waals surface area contributed by atoms with Crippen LogP contribution in [0.15, 0.2) is 48.5 Å². The molecule has 2 atom stereocenters. The molecule has 148 valence electrons. The Morgan fingerprint density at radius 2 is 1.68 bits per heavy atom. The van der Waals surface area contributed by atoms with E-state index in [1.807, 2.05) is 12.1 Å². The third kappa shape index (κ3) is 4.33. The highest BCUT2D eigenvalue weighted by atomic mass is 19.1. The van der Waals surface area contributed by atoms with Crippen molar-refractivity contribution in [3.8, 4) is 0 Å². The number of carbonyl (C=O) groups excluding carboxylic acids is 1. The lowest BCUT2D eigenvalue weighted by atomic mass is 9.81. The van der Waals surface area contributed by atoms with Crippen molar-refractivity contribution in [1.29, 1.82) is 0 Å². The number of para-hydroxylation sites is 1. The molecule has 0 aliphatic carbocycles. The fourth-order valence-electron chi connectivity index (χ4n) is 4.79. The molecule has 2 bridgehead atoms. The number of halogens is 2. The molecule has 2 aromatic carbocycles. The van der Waals surface area contributed by atoms with Gasteiger partial charge in [0.2, 0.25) is 0 Å². The molecule has 6 heteroatoms. The van der Waals surface area contributed by atoms with Gasteiger partial charge in [0.05, 0.1) is 17.8 Å². The Labute approximate surface area is 163 Å². The molecule has 0 unspecified atom stereocenters. The minimum atomic E-state index is -0.437. The van der Waals surface area contributed by atoms with Crippen LogP contribution in [0.25, 0.3) is 0 Å². The van der Waals surface area contributed by atoms with E-state index in [-0.39, 0.29) is 23.6 Å². The molecule has 2 amide bonds. The molecule has 2 fully saturated rings. The predicted molar refractivity (Wildman–Crippen MR) is 104 cm³/mol. The van der Waals surface area contributed by atoms with Crippen molar-refractivity contribution in [3.05, 3.63) is 65.7 Å². The number of rotatable bonds is 4. The summed E-state index contributed by atoms with van der Waals surface area (Å²) in [6.07, 6.45) is 5.33. The smallest absolute Gasteiger partial charge is 0.319 e. The van der Waals surface area contributed by atoms with Gasteiger partial charge in [0, 0.05) is 24.4 Å². The van der Waals surface area contributed by atoms with Gasteiger partial charge < -0.3 is 15.5 Å². The molecular formula is C22H26F2N3O+. The maximum Gasteiger partial charge on any atom is 0.319 e. The van der Waals surface area contributed by atoms with Crippen molar-refractivity contribution >= 4 is 11.7 Å². The van der Waals surface area contributed by atoms with Crippen molar-refractivity contribution in [1.82, 2.24) is 5.32 Å². The number of carbonyl (C=O) groups is 1. The Balaban J connectivity index is 1.37. The van der Waals surface area contributed by atoms with Gasteiger partial charge in [0.25, 0.3) is 0 Å². The molecule has 28 heavy (non-hydrogen) atoms. The van der Waals surface area contributed by atoms with Gasteiger partial charge in [0.15, 0.2) is 0 Å². The molecule has 2 heterocycles. The van der Waals surface area contributed by atoms with E-state index < -0.39 is 5.82 Å². The number of fused-ring (bicyclic) bond motifs is 2. The van der Waals surface area contributed by atoms with Crippen LogP contribution in [0.1, 0.15) is 37.7 Å². The van der Waals surface area contributed by atoms with Gasteiger partial charge in [0.1, 0.15) is 18.2 Å². The zero-order chi connectivity index (χ0) is 19.5. The van der Waals surface area contributed by atoms with Crippen LogP contribution >= 0.6 is 0 Å². The molecule has 2 saturated heterocycles. The highest BCUT2D eigenvalue weighted by molar-refractivity contribution is 5.89. The maximum absolute atomic E-state index is 13.7. The second kappa shape index (κ2) is 8.27. The average Bonchev–Trinajstić information content (AvgIpc) is 2.66. The molecule has 4 rings (SSSR count). The summed E-state index contributed by atoms with van der Waals surface area (Å²) >= 11 is 0. The van der Waals surface area contributed by atoms with Crippen LogP contribution in [0.3, 0.4) is 0 Å². The van der Waals surface area contributed by atoms with Crippen molar-refractivity contribution in [2.24, 2.45) is 0 Å². The van der Waals surface area contributed by atoms with Gasteiger partial charge in [-0.25, -0.2) is 13.6 Å². The van der Waals surface area contributed by atoms with Gasteiger partial charge in [-0.15, -0.1) is 0 Å². The molecule has 0 aromatic heterocycles. The predicted octanol–water partition coefficient (Wildman–Crippen LogP) is 3.25. The first-order valence-electron chi connectivity index (χ1n) is 10.0. The third-order valence-corrected chi connectivity index (χ3v) is 6.07. The summed E-state index contributed by atoms with van der Waals surface area (Å²) in [6.45, 7) is 0.893. The van der Waals surface area contributed by atoms with Crippen LogP contribution in [-0.4, -0.2) is 24.2 Å². The number of hydrogen-bond acceptors (Lipinski definition) is 1. The zero-order valence-corrected chi connectivity index (χ0v) is 15.8. The topological polar surface area (TPSA) is 45.6 Å². The lowest BCUT2D eigenvalue weighted by Gasteiger charge is -2.46. The number of nitrogens with one attached hydrogen (secondary N) is 3. The van der Waals surface area contributed by atoms with E-state index in [0.29, 0.717) is 12.1 Å². The van der Waals surface area contributed by atoms with Crippen LogP contribution in [-0.2, 0) is 6.54 Å². The summed E-state index contributed by atoms with van der Waals surface area (Å²) in [5, 5.41) is 5.65. The van der Waals surface area contributed by atoms with Crippen LogP contribution in [0.5, 0.6) is 0 Å². The average molecular weight is 386 g/mol. The number of benzene rings is 2. The number of amides is 2. The lowest BCUT2D eigenvalue weighted by Crippen LogP contribution is -3.20. The van der Waals surface area contributed by atoms with Crippen molar-refractivity contribution < 1.29 is 18.5 Å². The van der Waals surface area contributed by atoms with Crippen LogP contribution < -0.4 is 15.5 Å². The first kappa shape index (κ1) is 18.9. The summed E-state index contributed by atoms with van der Waals surface area (Å²) in [5.41, 5.74) is 1.34. The van der Waals surface area contributed by atoms with E-state index in [1.165, 1.54) is 24.6 Å². The molecule has 3 N–H and O–H groups in total. The van der Waals surface area contributed by atoms with Gasteiger partial charge in [-0.05, 0) is 43.5 Å². The summed E-state index contributed by atoms with van der Waals surface area (Å²) in [7, 11) is 0. The molecule has 2 aliphatic rings. The Bertz CT molecular complexity index is 813. The third-order valence-electron chi connectivity index (χ3n) is 6.07. The molecule has 0 spiro atoms. The molecule has 4 nitrogen and oxygen atoms in total. The SMILES string of the molecule is O=C(Nc1ccccc1F)NC1C[C@H]2CCC[C@H](C1)[NH+]2Cc1ccc(F)cc1. The van der Waals surface area contributed by atoms with Gasteiger partial charge in [-0.1, -0.05) is 24.3 Å². The normalized spacial score (nSPS) is 26.5. The van der Waals surface area contributed by atoms with Crippen molar-refractivity contribution in [2.45, 2.75) is 56.8 Å². The fourth-order valence-corrected chi connectivity index (χ4v) is 4.79. The van der Waals surface area contributed by atoms with E-state index in [9.17, 15) is 13.6 Å². The van der Waals surface area contributed by atoms with Crippen LogP contribution in [0, 0.1) is 11.6 Å². The minimum Gasteiger partial charge on any atom is -0.335 e. The number of anilines is 1. The summed E-state index contributed by atoms with van der Waals surface area (Å²) < 4.78 is 26.9. The second-order valence-electron chi connectivity index (χ2n) is 7.95. The zero-order valence-electron chi connectivity index (χ0n) is 15.8. The molecular weight excluding hydrogens is 360 g/mol. The van der Waals surface area contributed by atoms with E-state index in [2.05, 4.69) is 10.6 Å². The Morgan fingerprint density at radius 3 is 2.36 bits per heavy atom. The molecule has 2 aliphatic heterocycles. The molecule has 0 radical (unpaired) electrons. The molecule has 2 aromatic rings. The summed E-state index contributed by atoms with van der Waals surface area (Å²) in [4.78, 5) is 13.9. The van der Waals surface area contributed by atoms with E-state index >= 15 is 0 Å². The van der Waals surface area contributed by atoms with Crippen molar-refractivity contribution in [3.63, 3.8) is 0 Å². The number of piperidine rings is 2. The van der Waals surface area contributed by atoms with E-state index in [1.54, 1.807) is 23.1 Å². The first-order valence-corrected chi connectivity index (χ1v) is 10.0. The summed E-state index contributed by atoms with van der Waals surface area (Å²) in [5.74, 6) is -0.643. The van der Waals surface area contributed by atoms with Gasteiger partial charge >= 0.3 is 6.03 Å². The molecule has 0 saturated carbocycles. The quantitative estimate of drug-likeness (QED) is 0.742. The number of hydrogen-bond donors (Lipinski definition) is 3. The fraction of sp³-hybridized carbons (Fsp3) is 0.409. The Kier molecular flexibility index (Phi) is 5.57. The van der Waals surface area contributed by atoms with Gasteiger partial charge in [-0.2, -0.15) is 0 Å². The van der Waals surface area contributed by atoms with E-state index in [0.717, 1.165) is 37.8 Å².